The molecule has 7 heteroatoms. The van der Waals surface area contributed by atoms with Crippen molar-refractivity contribution in [3.63, 3.8) is 0 Å². The van der Waals surface area contributed by atoms with Crippen LogP contribution in [-0.2, 0) is 9.59 Å². The first kappa shape index (κ1) is 20.6. The van der Waals surface area contributed by atoms with Gasteiger partial charge in [0, 0.05) is 23.8 Å². The highest BCUT2D eigenvalue weighted by atomic mass is 35.5. The topological polar surface area (TPSA) is 61.4 Å². The summed E-state index contributed by atoms with van der Waals surface area (Å²) in [6.07, 6.45) is 2.31. The lowest BCUT2D eigenvalue weighted by Gasteiger charge is -2.21. The highest BCUT2D eigenvalue weighted by Gasteiger charge is 2.17. The van der Waals surface area contributed by atoms with Gasteiger partial charge in [0.25, 0.3) is 0 Å². The minimum absolute atomic E-state index is 0.123. The van der Waals surface area contributed by atoms with Crippen LogP contribution in [0.15, 0.2) is 42.5 Å². The number of carbonyl (C=O) groups excluding carboxylic acids is 2. The van der Waals surface area contributed by atoms with E-state index >= 15 is 0 Å². The second-order valence-electron chi connectivity index (χ2n) is 6.81. The van der Waals surface area contributed by atoms with Gasteiger partial charge >= 0.3 is 0 Å². The van der Waals surface area contributed by atoms with Crippen LogP contribution < -0.4 is 15.5 Å². The molecule has 148 valence electrons. The summed E-state index contributed by atoms with van der Waals surface area (Å²) in [7, 11) is 0. The zero-order chi connectivity index (χ0) is 19.9. The Morgan fingerprint density at radius 1 is 1.00 bits per heavy atom. The van der Waals surface area contributed by atoms with E-state index < -0.39 is 0 Å². The third-order valence-electron chi connectivity index (χ3n) is 4.48. The van der Waals surface area contributed by atoms with Crippen molar-refractivity contribution in [2.45, 2.75) is 19.8 Å². The van der Waals surface area contributed by atoms with Gasteiger partial charge < -0.3 is 15.5 Å². The molecule has 0 radical (unpaired) electrons. The zero-order valence-electron chi connectivity index (χ0n) is 15.8. The summed E-state index contributed by atoms with van der Waals surface area (Å²) >= 11 is 7.39. The number of nitrogens with one attached hydrogen (secondary N) is 2. The van der Waals surface area contributed by atoms with Gasteiger partial charge in [-0.2, -0.15) is 0 Å². The number of rotatable bonds is 7. The van der Waals surface area contributed by atoms with Gasteiger partial charge in [0.2, 0.25) is 11.8 Å². The number of amides is 2. The Hall–Kier alpha value is -2.18. The van der Waals surface area contributed by atoms with Crippen molar-refractivity contribution in [1.82, 2.24) is 0 Å². The van der Waals surface area contributed by atoms with Crippen molar-refractivity contribution in [3.8, 4) is 0 Å². The van der Waals surface area contributed by atoms with Crippen LogP contribution in [0.4, 0.5) is 17.1 Å². The summed E-state index contributed by atoms with van der Waals surface area (Å²) in [6.45, 7) is 3.96. The number of thioether (sulfide) groups is 1. The summed E-state index contributed by atoms with van der Waals surface area (Å²) in [5.74, 6) is 0.154. The standard InChI is InChI=1S/C21H24ClN3O2S/c1-15-4-7-17(8-5-15)23-20(26)13-28-14-21(27)24-18-12-16(22)6-9-19(18)25-10-2-3-11-25/h4-9,12H,2-3,10-11,13-14H2,1H3,(H,23,26)(H,24,27). The van der Waals surface area contributed by atoms with Gasteiger partial charge in [-0.1, -0.05) is 29.3 Å². The zero-order valence-corrected chi connectivity index (χ0v) is 17.4. The van der Waals surface area contributed by atoms with E-state index in [9.17, 15) is 9.59 Å². The number of nitrogens with zero attached hydrogens (tertiary/aromatic N) is 1. The Kier molecular flexibility index (Phi) is 7.23. The molecule has 1 aliphatic rings. The monoisotopic (exact) mass is 417 g/mol. The highest BCUT2D eigenvalue weighted by molar-refractivity contribution is 8.00. The number of benzene rings is 2. The molecule has 0 aromatic heterocycles. The molecule has 2 aromatic rings. The van der Waals surface area contributed by atoms with Gasteiger partial charge in [-0.25, -0.2) is 0 Å². The van der Waals surface area contributed by atoms with E-state index in [2.05, 4.69) is 15.5 Å². The van der Waals surface area contributed by atoms with Crippen LogP contribution in [0.25, 0.3) is 0 Å². The molecule has 28 heavy (non-hydrogen) atoms. The lowest BCUT2D eigenvalue weighted by Crippen LogP contribution is -2.22. The first-order valence-electron chi connectivity index (χ1n) is 9.30. The molecule has 1 fully saturated rings. The van der Waals surface area contributed by atoms with Crippen LogP contribution in [0.3, 0.4) is 0 Å². The van der Waals surface area contributed by atoms with Crippen LogP contribution in [0.5, 0.6) is 0 Å². The van der Waals surface area contributed by atoms with E-state index in [-0.39, 0.29) is 23.3 Å². The molecule has 0 aliphatic carbocycles. The fourth-order valence-corrected chi connectivity index (χ4v) is 3.89. The number of carbonyl (C=O) groups is 2. The molecule has 2 aromatic carbocycles. The van der Waals surface area contributed by atoms with E-state index in [1.165, 1.54) is 11.8 Å². The van der Waals surface area contributed by atoms with Gasteiger partial charge in [-0.15, -0.1) is 11.8 Å². The van der Waals surface area contributed by atoms with Gasteiger partial charge in [-0.3, -0.25) is 9.59 Å². The maximum Gasteiger partial charge on any atom is 0.234 e. The average Bonchev–Trinajstić information content (AvgIpc) is 3.18. The van der Waals surface area contributed by atoms with Crippen LogP contribution >= 0.6 is 23.4 Å². The summed E-state index contributed by atoms with van der Waals surface area (Å²) in [5.41, 5.74) is 3.62. The van der Waals surface area contributed by atoms with E-state index in [1.807, 2.05) is 43.3 Å². The van der Waals surface area contributed by atoms with E-state index in [0.29, 0.717) is 5.02 Å². The summed E-state index contributed by atoms with van der Waals surface area (Å²) in [5, 5.41) is 6.36. The first-order valence-corrected chi connectivity index (χ1v) is 10.8. The summed E-state index contributed by atoms with van der Waals surface area (Å²) in [6, 6.07) is 13.2. The van der Waals surface area contributed by atoms with E-state index in [1.54, 1.807) is 6.07 Å². The molecule has 5 nitrogen and oxygen atoms in total. The first-order chi connectivity index (χ1) is 13.5. The normalized spacial score (nSPS) is 13.4. The second kappa shape index (κ2) is 9.85. The Labute approximate surface area is 174 Å². The minimum atomic E-state index is -0.143. The van der Waals surface area contributed by atoms with Crippen LogP contribution in [0, 0.1) is 6.92 Å². The van der Waals surface area contributed by atoms with E-state index in [4.69, 9.17) is 11.6 Å². The van der Waals surface area contributed by atoms with Crippen LogP contribution in [-0.4, -0.2) is 36.4 Å². The van der Waals surface area contributed by atoms with Crippen molar-refractivity contribution in [3.05, 3.63) is 53.1 Å². The largest absolute Gasteiger partial charge is 0.370 e. The van der Waals surface area contributed by atoms with Gasteiger partial charge in [0.15, 0.2) is 0 Å². The lowest BCUT2D eigenvalue weighted by molar-refractivity contribution is -0.114. The summed E-state index contributed by atoms with van der Waals surface area (Å²) < 4.78 is 0. The number of hydrogen-bond acceptors (Lipinski definition) is 4. The number of aryl methyl sites for hydroxylation is 1. The predicted molar refractivity (Wildman–Crippen MR) is 119 cm³/mol. The lowest BCUT2D eigenvalue weighted by atomic mass is 10.2. The molecule has 2 N–H and O–H groups in total. The predicted octanol–water partition coefficient (Wildman–Crippen LogP) is 4.56. The average molecular weight is 418 g/mol. The molecule has 0 unspecified atom stereocenters. The van der Waals surface area contributed by atoms with Crippen molar-refractivity contribution >= 4 is 52.2 Å². The van der Waals surface area contributed by atoms with Crippen LogP contribution in [0.2, 0.25) is 5.02 Å². The Bertz CT molecular complexity index is 836. The molecular weight excluding hydrogens is 394 g/mol. The Balaban J connectivity index is 1.48. The molecule has 0 spiro atoms. The van der Waals surface area contributed by atoms with Gasteiger partial charge in [0.1, 0.15) is 0 Å². The van der Waals surface area contributed by atoms with Gasteiger partial charge in [-0.05, 0) is 50.1 Å². The number of anilines is 3. The van der Waals surface area contributed by atoms with Gasteiger partial charge in [0.05, 0.1) is 22.9 Å². The number of hydrogen-bond donors (Lipinski definition) is 2. The smallest absolute Gasteiger partial charge is 0.234 e. The van der Waals surface area contributed by atoms with Crippen LogP contribution in [0.1, 0.15) is 18.4 Å². The van der Waals surface area contributed by atoms with E-state index in [0.717, 1.165) is 48.6 Å². The fourth-order valence-electron chi connectivity index (χ4n) is 3.10. The van der Waals surface area contributed by atoms with Crippen molar-refractivity contribution in [2.75, 3.05) is 40.1 Å². The fraction of sp³-hybridized carbons (Fsp3) is 0.333. The van der Waals surface area contributed by atoms with Crippen molar-refractivity contribution in [2.24, 2.45) is 0 Å². The Morgan fingerprint density at radius 2 is 1.64 bits per heavy atom. The molecular formula is C21H24ClN3O2S. The highest BCUT2D eigenvalue weighted by Crippen LogP contribution is 2.31. The molecule has 0 atom stereocenters. The molecule has 1 saturated heterocycles. The Morgan fingerprint density at radius 3 is 2.32 bits per heavy atom. The third-order valence-corrected chi connectivity index (χ3v) is 5.65. The number of halogens is 1. The maximum atomic E-state index is 12.3. The van der Waals surface area contributed by atoms with Crippen molar-refractivity contribution < 1.29 is 9.59 Å². The molecule has 2 amide bonds. The molecule has 0 saturated carbocycles. The molecule has 0 bridgehead atoms. The summed E-state index contributed by atoms with van der Waals surface area (Å²) in [4.78, 5) is 26.6. The maximum absolute atomic E-state index is 12.3. The molecule has 3 rings (SSSR count). The molecule has 1 aliphatic heterocycles. The third kappa shape index (κ3) is 5.91. The second-order valence-corrected chi connectivity index (χ2v) is 8.23. The minimum Gasteiger partial charge on any atom is -0.370 e. The quantitative estimate of drug-likeness (QED) is 0.693. The SMILES string of the molecule is Cc1ccc(NC(=O)CSCC(=O)Nc2cc(Cl)ccc2N2CCCC2)cc1. The molecule has 1 heterocycles. The van der Waals surface area contributed by atoms with Crippen molar-refractivity contribution in [1.29, 1.82) is 0 Å².